The first-order chi connectivity index (χ1) is 7.99. The molecule has 0 saturated heterocycles. The topological polar surface area (TPSA) is 61.6 Å². The third-order valence-electron chi connectivity index (χ3n) is 2.02. The number of rotatable bonds is 5. The maximum Gasteiger partial charge on any atom is 0.286 e. The molecule has 6 heteroatoms. The van der Waals surface area contributed by atoms with Crippen LogP contribution < -0.4 is 9.47 Å². The van der Waals surface area contributed by atoms with Crippen LogP contribution in [0.1, 0.15) is 13.8 Å². The highest BCUT2D eigenvalue weighted by molar-refractivity contribution is 8.00. The second kappa shape index (κ2) is 5.77. The number of benzene rings is 1. The van der Waals surface area contributed by atoms with Crippen LogP contribution in [0.4, 0.5) is 5.69 Å². The van der Waals surface area contributed by atoms with E-state index >= 15 is 0 Å². The molecular weight excluding hydrogens is 242 g/mol. The van der Waals surface area contributed by atoms with Gasteiger partial charge in [-0.15, -0.1) is 11.8 Å². The van der Waals surface area contributed by atoms with Gasteiger partial charge in [0.1, 0.15) is 0 Å². The highest BCUT2D eigenvalue weighted by atomic mass is 32.2. The number of nitro groups is 1. The molecule has 0 unspecified atom stereocenters. The Morgan fingerprint density at radius 2 is 1.76 bits per heavy atom. The monoisotopic (exact) mass is 257 g/mol. The summed E-state index contributed by atoms with van der Waals surface area (Å²) in [5.41, 5.74) is 0.0429. The molecule has 0 aliphatic carbocycles. The van der Waals surface area contributed by atoms with E-state index in [-0.39, 0.29) is 10.9 Å². The van der Waals surface area contributed by atoms with Gasteiger partial charge in [0.25, 0.3) is 5.69 Å². The van der Waals surface area contributed by atoms with Crippen LogP contribution in [0.3, 0.4) is 0 Å². The molecule has 0 spiro atoms. The van der Waals surface area contributed by atoms with E-state index in [2.05, 4.69) is 0 Å². The van der Waals surface area contributed by atoms with Crippen molar-refractivity contribution in [1.29, 1.82) is 0 Å². The zero-order valence-corrected chi connectivity index (χ0v) is 11.0. The summed E-state index contributed by atoms with van der Waals surface area (Å²) < 4.78 is 10.2. The number of thioether (sulfide) groups is 1. The summed E-state index contributed by atoms with van der Waals surface area (Å²) in [4.78, 5) is 11.1. The average Bonchev–Trinajstić information content (AvgIpc) is 2.27. The van der Waals surface area contributed by atoms with Crippen LogP contribution in [-0.4, -0.2) is 24.4 Å². The van der Waals surface area contributed by atoms with Crippen molar-refractivity contribution in [3.05, 3.63) is 22.2 Å². The van der Waals surface area contributed by atoms with Crippen LogP contribution >= 0.6 is 11.8 Å². The Labute approximate surface area is 104 Å². The van der Waals surface area contributed by atoms with Gasteiger partial charge in [0.2, 0.25) is 0 Å². The van der Waals surface area contributed by atoms with Crippen LogP contribution in [-0.2, 0) is 0 Å². The number of ether oxygens (including phenoxy) is 2. The van der Waals surface area contributed by atoms with E-state index < -0.39 is 4.92 Å². The van der Waals surface area contributed by atoms with Crippen molar-refractivity contribution in [2.45, 2.75) is 24.0 Å². The molecule has 0 heterocycles. The Hall–Kier alpha value is -1.43. The smallest absolute Gasteiger partial charge is 0.286 e. The van der Waals surface area contributed by atoms with Crippen molar-refractivity contribution >= 4 is 17.4 Å². The SMILES string of the molecule is COc1cc(SC(C)C)c([N+](=O)[O-])cc1OC. The van der Waals surface area contributed by atoms with Gasteiger partial charge in [0, 0.05) is 11.3 Å². The predicted octanol–water partition coefficient (Wildman–Crippen LogP) is 3.11. The van der Waals surface area contributed by atoms with Crippen molar-refractivity contribution in [2.24, 2.45) is 0 Å². The highest BCUT2D eigenvalue weighted by Gasteiger charge is 2.20. The molecule has 1 aromatic rings. The van der Waals surface area contributed by atoms with Crippen LogP contribution in [0.15, 0.2) is 17.0 Å². The summed E-state index contributed by atoms with van der Waals surface area (Å²) in [6.07, 6.45) is 0. The first kappa shape index (κ1) is 13.6. The third-order valence-corrected chi connectivity index (χ3v) is 3.08. The van der Waals surface area contributed by atoms with Crippen LogP contribution in [0.25, 0.3) is 0 Å². The summed E-state index contributed by atoms with van der Waals surface area (Å²) in [5.74, 6) is 0.869. The second-order valence-corrected chi connectivity index (χ2v) is 5.22. The Kier molecular flexibility index (Phi) is 4.62. The fourth-order valence-electron chi connectivity index (χ4n) is 1.34. The highest BCUT2D eigenvalue weighted by Crippen LogP contribution is 2.40. The summed E-state index contributed by atoms with van der Waals surface area (Å²) in [6.45, 7) is 3.95. The van der Waals surface area contributed by atoms with E-state index in [0.29, 0.717) is 16.4 Å². The van der Waals surface area contributed by atoms with Gasteiger partial charge < -0.3 is 9.47 Å². The molecule has 0 saturated carbocycles. The van der Waals surface area contributed by atoms with Crippen molar-refractivity contribution in [3.8, 4) is 11.5 Å². The molecule has 5 nitrogen and oxygen atoms in total. The lowest BCUT2D eigenvalue weighted by molar-refractivity contribution is -0.387. The Balaban J connectivity index is 3.29. The summed E-state index contributed by atoms with van der Waals surface area (Å²) in [6, 6.07) is 3.03. The van der Waals surface area contributed by atoms with Crippen molar-refractivity contribution in [1.82, 2.24) is 0 Å². The first-order valence-electron chi connectivity index (χ1n) is 5.06. The lowest BCUT2D eigenvalue weighted by Crippen LogP contribution is -1.97. The van der Waals surface area contributed by atoms with Crippen molar-refractivity contribution in [2.75, 3.05) is 14.2 Å². The predicted molar refractivity (Wildman–Crippen MR) is 67.2 cm³/mol. The molecule has 94 valence electrons. The standard InChI is InChI=1S/C11H15NO4S/c1-7(2)17-11-6-10(16-4)9(15-3)5-8(11)12(13)14/h5-7H,1-4H3. The van der Waals surface area contributed by atoms with Crippen LogP contribution in [0.5, 0.6) is 11.5 Å². The summed E-state index contributed by atoms with van der Waals surface area (Å²) >= 11 is 1.42. The van der Waals surface area contributed by atoms with Gasteiger partial charge in [-0.3, -0.25) is 10.1 Å². The zero-order chi connectivity index (χ0) is 13.0. The number of hydrogen-bond acceptors (Lipinski definition) is 5. The van der Waals surface area contributed by atoms with E-state index in [1.807, 2.05) is 13.8 Å². The molecule has 0 fully saturated rings. The maximum atomic E-state index is 11.0. The molecule has 0 aliphatic heterocycles. The zero-order valence-electron chi connectivity index (χ0n) is 10.2. The lowest BCUT2D eigenvalue weighted by atomic mass is 10.3. The fourth-order valence-corrected chi connectivity index (χ4v) is 2.28. The summed E-state index contributed by atoms with van der Waals surface area (Å²) in [7, 11) is 2.96. The minimum atomic E-state index is -0.410. The summed E-state index contributed by atoms with van der Waals surface area (Å²) in [5, 5.41) is 11.2. The Bertz CT molecular complexity index is 420. The minimum Gasteiger partial charge on any atom is -0.493 e. The molecule has 0 atom stereocenters. The van der Waals surface area contributed by atoms with E-state index in [0.717, 1.165) is 0 Å². The number of hydrogen-bond donors (Lipinski definition) is 0. The molecule has 0 bridgehead atoms. The quantitative estimate of drug-likeness (QED) is 0.461. The van der Waals surface area contributed by atoms with Gasteiger partial charge in [-0.05, 0) is 0 Å². The van der Waals surface area contributed by atoms with Gasteiger partial charge in [-0.25, -0.2) is 0 Å². The number of nitro benzene ring substituents is 1. The lowest BCUT2D eigenvalue weighted by Gasteiger charge is -2.11. The van der Waals surface area contributed by atoms with E-state index in [9.17, 15) is 10.1 Å². The van der Waals surface area contributed by atoms with E-state index in [4.69, 9.17) is 9.47 Å². The number of methoxy groups -OCH3 is 2. The largest absolute Gasteiger partial charge is 0.493 e. The fraction of sp³-hybridized carbons (Fsp3) is 0.455. The average molecular weight is 257 g/mol. The maximum absolute atomic E-state index is 11.0. The van der Waals surface area contributed by atoms with Gasteiger partial charge >= 0.3 is 0 Å². The van der Waals surface area contributed by atoms with Crippen molar-refractivity contribution in [3.63, 3.8) is 0 Å². The van der Waals surface area contributed by atoms with E-state index in [1.54, 1.807) is 6.07 Å². The molecule has 1 aromatic carbocycles. The Morgan fingerprint density at radius 3 is 2.18 bits per heavy atom. The molecule has 0 amide bonds. The molecule has 0 radical (unpaired) electrons. The normalized spacial score (nSPS) is 10.4. The molecular formula is C11H15NO4S. The number of nitrogens with zero attached hydrogens (tertiary/aromatic N) is 1. The molecule has 0 aromatic heterocycles. The molecule has 0 aliphatic rings. The first-order valence-corrected chi connectivity index (χ1v) is 5.94. The van der Waals surface area contributed by atoms with Gasteiger partial charge in [-0.1, -0.05) is 13.8 Å². The van der Waals surface area contributed by atoms with Gasteiger partial charge in [-0.2, -0.15) is 0 Å². The van der Waals surface area contributed by atoms with Crippen LogP contribution in [0.2, 0.25) is 0 Å². The molecule has 0 N–H and O–H groups in total. The van der Waals surface area contributed by atoms with Gasteiger partial charge in [0.15, 0.2) is 11.5 Å². The minimum absolute atomic E-state index is 0.0429. The van der Waals surface area contributed by atoms with E-state index in [1.165, 1.54) is 32.0 Å². The van der Waals surface area contributed by atoms with Crippen LogP contribution in [0, 0.1) is 10.1 Å². The van der Waals surface area contributed by atoms with Crippen molar-refractivity contribution < 1.29 is 14.4 Å². The molecule has 17 heavy (non-hydrogen) atoms. The Morgan fingerprint density at radius 1 is 1.24 bits per heavy atom. The third kappa shape index (κ3) is 3.26. The second-order valence-electron chi connectivity index (χ2n) is 3.60. The van der Waals surface area contributed by atoms with Gasteiger partial charge in [0.05, 0.1) is 30.1 Å². The molecule has 1 rings (SSSR count).